The van der Waals surface area contributed by atoms with Crippen molar-refractivity contribution in [1.29, 1.82) is 0 Å². The smallest absolute Gasteiger partial charge is 0.270 e. The summed E-state index contributed by atoms with van der Waals surface area (Å²) in [7, 11) is 0. The zero-order chi connectivity index (χ0) is 15.4. The van der Waals surface area contributed by atoms with Crippen molar-refractivity contribution < 1.29 is 9.72 Å². The molecule has 0 saturated heterocycles. The monoisotopic (exact) mass is 412 g/mol. The van der Waals surface area contributed by atoms with Crippen LogP contribution in [0.5, 0.6) is 0 Å². The summed E-state index contributed by atoms with van der Waals surface area (Å²) in [5.74, 6) is -0.367. The van der Waals surface area contributed by atoms with E-state index in [9.17, 15) is 14.9 Å². The Hall–Kier alpha value is -1.73. The second kappa shape index (κ2) is 6.82. The number of nitrogens with zero attached hydrogens (tertiary/aromatic N) is 1. The Morgan fingerprint density at radius 1 is 1.14 bits per heavy atom. The standard InChI is InChI=1S/C14H10Br2N2O3/c15-10-3-1-9(2-4-10)8-17-14(19)12-7-11(18(20)21)5-6-13(12)16/h1-7H,8H2,(H,17,19). The molecule has 0 bridgehead atoms. The molecule has 1 amide bonds. The number of carbonyl (C=O) groups excluding carboxylic acids is 1. The van der Waals surface area contributed by atoms with Crippen LogP contribution >= 0.6 is 31.9 Å². The van der Waals surface area contributed by atoms with Crippen molar-refractivity contribution in [3.8, 4) is 0 Å². The van der Waals surface area contributed by atoms with Gasteiger partial charge in [-0.05, 0) is 39.7 Å². The second-order valence-corrected chi connectivity index (χ2v) is 6.00. The predicted octanol–water partition coefficient (Wildman–Crippen LogP) is 4.05. The third-order valence-electron chi connectivity index (χ3n) is 2.77. The minimum absolute atomic E-state index is 0.119. The number of halogens is 2. The van der Waals surface area contributed by atoms with Gasteiger partial charge in [-0.15, -0.1) is 0 Å². The molecule has 2 aromatic carbocycles. The lowest BCUT2D eigenvalue weighted by Crippen LogP contribution is -2.23. The molecular weight excluding hydrogens is 404 g/mol. The van der Waals surface area contributed by atoms with Crippen LogP contribution in [0.3, 0.4) is 0 Å². The lowest BCUT2D eigenvalue weighted by molar-refractivity contribution is -0.384. The van der Waals surface area contributed by atoms with Gasteiger partial charge in [-0.3, -0.25) is 14.9 Å². The Bertz CT molecular complexity index is 687. The number of nitro benzene ring substituents is 1. The summed E-state index contributed by atoms with van der Waals surface area (Å²) < 4.78 is 1.47. The van der Waals surface area contributed by atoms with Gasteiger partial charge in [0.25, 0.3) is 11.6 Å². The Kier molecular flexibility index (Phi) is 5.08. The summed E-state index contributed by atoms with van der Waals surface area (Å²) in [6, 6.07) is 11.6. The van der Waals surface area contributed by atoms with Gasteiger partial charge in [0.1, 0.15) is 0 Å². The number of nitrogens with one attached hydrogen (secondary N) is 1. The number of amides is 1. The zero-order valence-corrected chi connectivity index (χ0v) is 13.8. The van der Waals surface area contributed by atoms with Crippen LogP contribution in [-0.4, -0.2) is 10.8 Å². The number of nitro groups is 1. The molecule has 7 heteroatoms. The Morgan fingerprint density at radius 2 is 1.81 bits per heavy atom. The maximum Gasteiger partial charge on any atom is 0.270 e. The predicted molar refractivity (Wildman–Crippen MR) is 86.1 cm³/mol. The van der Waals surface area contributed by atoms with Crippen LogP contribution < -0.4 is 5.32 Å². The fourth-order valence-corrected chi connectivity index (χ4v) is 2.37. The summed E-state index contributed by atoms with van der Waals surface area (Å²) in [6.45, 7) is 0.348. The quantitative estimate of drug-likeness (QED) is 0.607. The van der Waals surface area contributed by atoms with Gasteiger partial charge < -0.3 is 5.32 Å². The van der Waals surface area contributed by atoms with Crippen molar-refractivity contribution in [2.75, 3.05) is 0 Å². The highest BCUT2D eigenvalue weighted by molar-refractivity contribution is 9.10. The Labute approximate surface area is 137 Å². The molecule has 2 rings (SSSR count). The van der Waals surface area contributed by atoms with Crippen LogP contribution in [0.1, 0.15) is 15.9 Å². The molecule has 0 radical (unpaired) electrons. The number of rotatable bonds is 4. The molecule has 21 heavy (non-hydrogen) atoms. The minimum atomic E-state index is -0.530. The van der Waals surface area contributed by atoms with Crippen molar-refractivity contribution in [3.63, 3.8) is 0 Å². The normalized spacial score (nSPS) is 10.2. The highest BCUT2D eigenvalue weighted by Gasteiger charge is 2.15. The summed E-state index contributed by atoms with van der Waals surface area (Å²) >= 11 is 6.56. The molecule has 0 aliphatic rings. The van der Waals surface area contributed by atoms with Crippen molar-refractivity contribution in [2.24, 2.45) is 0 Å². The Balaban J connectivity index is 2.11. The summed E-state index contributed by atoms with van der Waals surface area (Å²) in [5, 5.41) is 13.5. The molecule has 5 nitrogen and oxygen atoms in total. The number of non-ortho nitro benzene ring substituents is 1. The fraction of sp³-hybridized carbons (Fsp3) is 0.0714. The summed E-state index contributed by atoms with van der Waals surface area (Å²) in [5.41, 5.74) is 1.06. The summed E-state index contributed by atoms with van der Waals surface area (Å²) in [4.78, 5) is 22.3. The molecule has 0 aliphatic heterocycles. The first-order chi connectivity index (χ1) is 9.97. The minimum Gasteiger partial charge on any atom is -0.348 e. The molecule has 0 fully saturated rings. The van der Waals surface area contributed by atoms with E-state index in [-0.39, 0.29) is 17.2 Å². The molecule has 0 aliphatic carbocycles. The molecule has 108 valence electrons. The third-order valence-corrected chi connectivity index (χ3v) is 3.99. The van der Waals surface area contributed by atoms with Crippen LogP contribution in [-0.2, 0) is 6.54 Å². The van der Waals surface area contributed by atoms with Gasteiger partial charge >= 0.3 is 0 Å². The van der Waals surface area contributed by atoms with Crippen LogP contribution in [0.15, 0.2) is 51.4 Å². The van der Waals surface area contributed by atoms with E-state index in [1.807, 2.05) is 24.3 Å². The molecule has 0 heterocycles. The lowest BCUT2D eigenvalue weighted by Gasteiger charge is -2.07. The second-order valence-electron chi connectivity index (χ2n) is 4.23. The average molecular weight is 414 g/mol. The largest absolute Gasteiger partial charge is 0.348 e. The molecule has 1 N–H and O–H groups in total. The maximum absolute atomic E-state index is 12.1. The number of hydrogen-bond acceptors (Lipinski definition) is 3. The van der Waals surface area contributed by atoms with Gasteiger partial charge in [0, 0.05) is 27.6 Å². The van der Waals surface area contributed by atoms with E-state index in [2.05, 4.69) is 37.2 Å². The Morgan fingerprint density at radius 3 is 2.43 bits per heavy atom. The first kappa shape index (κ1) is 15.7. The van der Waals surface area contributed by atoms with E-state index in [0.29, 0.717) is 11.0 Å². The van der Waals surface area contributed by atoms with Crippen molar-refractivity contribution >= 4 is 43.5 Å². The van der Waals surface area contributed by atoms with Crippen LogP contribution in [0.25, 0.3) is 0 Å². The van der Waals surface area contributed by atoms with E-state index in [1.54, 1.807) is 0 Å². The van der Waals surface area contributed by atoms with Gasteiger partial charge in [-0.1, -0.05) is 28.1 Å². The van der Waals surface area contributed by atoms with Crippen LogP contribution in [0, 0.1) is 10.1 Å². The van der Waals surface area contributed by atoms with Gasteiger partial charge in [-0.2, -0.15) is 0 Å². The third kappa shape index (κ3) is 4.12. The maximum atomic E-state index is 12.1. The molecule has 2 aromatic rings. The van der Waals surface area contributed by atoms with Crippen molar-refractivity contribution in [1.82, 2.24) is 5.32 Å². The van der Waals surface area contributed by atoms with Gasteiger partial charge in [-0.25, -0.2) is 0 Å². The van der Waals surface area contributed by atoms with E-state index >= 15 is 0 Å². The highest BCUT2D eigenvalue weighted by atomic mass is 79.9. The zero-order valence-electron chi connectivity index (χ0n) is 10.7. The molecule has 0 unspecified atom stereocenters. The van der Waals surface area contributed by atoms with E-state index < -0.39 is 4.92 Å². The molecule has 0 aromatic heterocycles. The van der Waals surface area contributed by atoms with Crippen LogP contribution in [0.4, 0.5) is 5.69 Å². The summed E-state index contributed by atoms with van der Waals surface area (Å²) in [6.07, 6.45) is 0. The van der Waals surface area contributed by atoms with E-state index in [1.165, 1.54) is 18.2 Å². The van der Waals surface area contributed by atoms with Crippen LogP contribution in [0.2, 0.25) is 0 Å². The fourth-order valence-electron chi connectivity index (χ4n) is 1.68. The lowest BCUT2D eigenvalue weighted by atomic mass is 10.1. The van der Waals surface area contributed by atoms with Gasteiger partial charge in [0.05, 0.1) is 10.5 Å². The van der Waals surface area contributed by atoms with E-state index in [0.717, 1.165) is 10.0 Å². The topological polar surface area (TPSA) is 72.2 Å². The number of benzene rings is 2. The average Bonchev–Trinajstić information content (AvgIpc) is 2.46. The molecule has 0 spiro atoms. The first-order valence-electron chi connectivity index (χ1n) is 5.94. The van der Waals surface area contributed by atoms with Crippen molar-refractivity contribution in [2.45, 2.75) is 6.54 Å². The number of hydrogen-bond donors (Lipinski definition) is 1. The van der Waals surface area contributed by atoms with Gasteiger partial charge in [0.15, 0.2) is 0 Å². The molecule has 0 atom stereocenters. The highest BCUT2D eigenvalue weighted by Crippen LogP contribution is 2.22. The van der Waals surface area contributed by atoms with Crippen molar-refractivity contribution in [3.05, 3.63) is 72.7 Å². The number of carbonyl (C=O) groups is 1. The van der Waals surface area contributed by atoms with E-state index in [4.69, 9.17) is 0 Å². The first-order valence-corrected chi connectivity index (χ1v) is 7.52. The SMILES string of the molecule is O=C(NCc1ccc(Br)cc1)c1cc([N+](=O)[O-])ccc1Br. The van der Waals surface area contributed by atoms with Gasteiger partial charge in [0.2, 0.25) is 0 Å². The molecular formula is C14H10Br2N2O3. The molecule has 0 saturated carbocycles.